The summed E-state index contributed by atoms with van der Waals surface area (Å²) in [4.78, 5) is 24.6. The average Bonchev–Trinajstić information content (AvgIpc) is 2.39. The van der Waals surface area contributed by atoms with Crippen LogP contribution in [0.4, 0.5) is 0 Å². The Bertz CT molecular complexity index is 454. The van der Waals surface area contributed by atoms with E-state index in [1.165, 1.54) is 16.7 Å². The van der Waals surface area contributed by atoms with Gasteiger partial charge in [0.15, 0.2) is 5.78 Å². The molecule has 0 aliphatic rings. The van der Waals surface area contributed by atoms with Crippen molar-refractivity contribution >= 4 is 23.5 Å². The molecule has 94 valence electrons. The summed E-state index contributed by atoms with van der Waals surface area (Å²) >= 11 is 1.27. The second-order valence-electron chi connectivity index (χ2n) is 3.69. The molecular formula is C13H14N2O2S. The van der Waals surface area contributed by atoms with Crippen molar-refractivity contribution in [2.45, 2.75) is 0 Å². The molecule has 18 heavy (non-hydrogen) atoms. The Morgan fingerprint density at radius 1 is 1.28 bits per heavy atom. The summed E-state index contributed by atoms with van der Waals surface area (Å²) in [6, 6.07) is 10.9. The molecule has 1 aromatic rings. The van der Waals surface area contributed by atoms with E-state index in [0.29, 0.717) is 5.56 Å². The van der Waals surface area contributed by atoms with E-state index >= 15 is 0 Å². The molecule has 0 spiro atoms. The highest BCUT2D eigenvalue weighted by Crippen LogP contribution is 2.07. The van der Waals surface area contributed by atoms with Gasteiger partial charge in [-0.3, -0.25) is 9.59 Å². The zero-order valence-corrected chi connectivity index (χ0v) is 10.9. The van der Waals surface area contributed by atoms with Crippen LogP contribution in [0.1, 0.15) is 10.4 Å². The Morgan fingerprint density at radius 2 is 1.94 bits per heavy atom. The summed E-state index contributed by atoms with van der Waals surface area (Å²) in [7, 11) is 1.57. The molecule has 1 aromatic carbocycles. The van der Waals surface area contributed by atoms with Gasteiger partial charge < -0.3 is 4.90 Å². The molecule has 1 rings (SSSR count). The summed E-state index contributed by atoms with van der Waals surface area (Å²) in [6.07, 6.45) is 0. The van der Waals surface area contributed by atoms with Gasteiger partial charge in [-0.15, -0.1) is 11.8 Å². The monoisotopic (exact) mass is 262 g/mol. The lowest BCUT2D eigenvalue weighted by Crippen LogP contribution is -2.28. The third-order valence-corrected chi connectivity index (χ3v) is 3.21. The summed E-state index contributed by atoms with van der Waals surface area (Å²) in [5, 5.41) is 8.44. The van der Waals surface area contributed by atoms with E-state index in [4.69, 9.17) is 5.26 Å². The van der Waals surface area contributed by atoms with Gasteiger partial charge in [0.2, 0.25) is 5.91 Å². The standard InChI is InChI=1S/C13H14N2O2S/c1-15(8-7-14)13(17)10-18-9-12(16)11-5-3-2-4-6-11/h2-6H,8-10H2,1H3. The maximum atomic E-state index is 11.7. The topological polar surface area (TPSA) is 61.2 Å². The zero-order chi connectivity index (χ0) is 13.4. The molecule has 0 aromatic heterocycles. The minimum absolute atomic E-state index is 0.0105. The van der Waals surface area contributed by atoms with E-state index < -0.39 is 0 Å². The summed E-state index contributed by atoms with van der Waals surface area (Å²) in [5.41, 5.74) is 0.655. The molecule has 4 nitrogen and oxygen atoms in total. The maximum absolute atomic E-state index is 11.7. The van der Waals surface area contributed by atoms with Crippen LogP contribution in [0.3, 0.4) is 0 Å². The van der Waals surface area contributed by atoms with Crippen LogP contribution in [0.15, 0.2) is 30.3 Å². The first kappa shape index (κ1) is 14.3. The SMILES string of the molecule is CN(CC#N)C(=O)CSCC(=O)c1ccccc1. The lowest BCUT2D eigenvalue weighted by molar-refractivity contribution is -0.126. The number of nitrogens with zero attached hydrogens (tertiary/aromatic N) is 2. The van der Waals surface area contributed by atoms with Crippen LogP contribution >= 0.6 is 11.8 Å². The van der Waals surface area contributed by atoms with Crippen molar-refractivity contribution in [2.24, 2.45) is 0 Å². The number of thioether (sulfide) groups is 1. The quantitative estimate of drug-likeness (QED) is 0.577. The Kier molecular flexibility index (Phi) is 5.95. The number of rotatable bonds is 6. The lowest BCUT2D eigenvalue weighted by atomic mass is 10.2. The largest absolute Gasteiger partial charge is 0.332 e. The average molecular weight is 262 g/mol. The number of hydrogen-bond acceptors (Lipinski definition) is 4. The number of Topliss-reactive ketones (excluding diaryl/α,β-unsaturated/α-hetero) is 1. The Labute approximate surface area is 111 Å². The highest BCUT2D eigenvalue weighted by atomic mass is 32.2. The van der Waals surface area contributed by atoms with E-state index in [-0.39, 0.29) is 29.7 Å². The van der Waals surface area contributed by atoms with Crippen molar-refractivity contribution in [2.75, 3.05) is 25.1 Å². The van der Waals surface area contributed by atoms with Gasteiger partial charge in [0.25, 0.3) is 0 Å². The van der Waals surface area contributed by atoms with E-state index in [9.17, 15) is 9.59 Å². The van der Waals surface area contributed by atoms with Gasteiger partial charge in [0, 0.05) is 12.6 Å². The van der Waals surface area contributed by atoms with Crippen LogP contribution < -0.4 is 0 Å². The molecule has 0 fully saturated rings. The smallest absolute Gasteiger partial charge is 0.233 e. The predicted molar refractivity (Wildman–Crippen MR) is 71.3 cm³/mol. The molecule has 5 heteroatoms. The molecule has 0 saturated carbocycles. The fraction of sp³-hybridized carbons (Fsp3) is 0.308. The predicted octanol–water partition coefficient (Wildman–Crippen LogP) is 1.58. The molecule has 0 N–H and O–H groups in total. The second-order valence-corrected chi connectivity index (χ2v) is 4.68. The number of carbonyl (C=O) groups excluding carboxylic acids is 2. The molecule has 0 aliphatic heterocycles. The van der Waals surface area contributed by atoms with E-state index in [2.05, 4.69) is 0 Å². The number of amides is 1. The van der Waals surface area contributed by atoms with Crippen LogP contribution in [-0.4, -0.2) is 41.7 Å². The first-order valence-corrected chi connectivity index (χ1v) is 6.57. The zero-order valence-electron chi connectivity index (χ0n) is 10.1. The molecule has 0 atom stereocenters. The first-order chi connectivity index (χ1) is 8.65. The van der Waals surface area contributed by atoms with Crippen molar-refractivity contribution in [3.05, 3.63) is 35.9 Å². The van der Waals surface area contributed by atoms with Crippen molar-refractivity contribution in [3.63, 3.8) is 0 Å². The Morgan fingerprint density at radius 3 is 2.56 bits per heavy atom. The third-order valence-electron chi connectivity index (χ3n) is 2.29. The minimum atomic E-state index is -0.137. The number of nitriles is 1. The number of ketones is 1. The fourth-order valence-electron chi connectivity index (χ4n) is 1.24. The van der Waals surface area contributed by atoms with Crippen molar-refractivity contribution in [1.82, 2.24) is 4.90 Å². The molecule has 0 aliphatic carbocycles. The number of benzene rings is 1. The molecule has 0 radical (unpaired) electrons. The Balaban J connectivity index is 2.33. The molecular weight excluding hydrogens is 248 g/mol. The van der Waals surface area contributed by atoms with Crippen molar-refractivity contribution in [1.29, 1.82) is 5.26 Å². The van der Waals surface area contributed by atoms with Crippen LogP contribution in [0.25, 0.3) is 0 Å². The van der Waals surface area contributed by atoms with E-state index in [0.717, 1.165) is 0 Å². The van der Waals surface area contributed by atoms with Crippen LogP contribution in [0, 0.1) is 11.3 Å². The molecule has 0 saturated heterocycles. The van der Waals surface area contributed by atoms with Gasteiger partial charge in [-0.1, -0.05) is 30.3 Å². The van der Waals surface area contributed by atoms with Crippen molar-refractivity contribution in [3.8, 4) is 6.07 Å². The highest BCUT2D eigenvalue weighted by Gasteiger charge is 2.10. The summed E-state index contributed by atoms with van der Waals surface area (Å²) in [5.74, 6) is 0.367. The molecule has 0 unspecified atom stereocenters. The summed E-state index contributed by atoms with van der Waals surface area (Å²) in [6.45, 7) is 0.0754. The highest BCUT2D eigenvalue weighted by molar-refractivity contribution is 8.00. The Hall–Kier alpha value is -1.80. The number of carbonyl (C=O) groups is 2. The molecule has 0 heterocycles. The minimum Gasteiger partial charge on any atom is -0.332 e. The second kappa shape index (κ2) is 7.51. The maximum Gasteiger partial charge on any atom is 0.233 e. The van der Waals surface area contributed by atoms with Crippen LogP contribution in [0.2, 0.25) is 0 Å². The van der Waals surface area contributed by atoms with Gasteiger partial charge in [-0.05, 0) is 0 Å². The third kappa shape index (κ3) is 4.60. The van der Waals surface area contributed by atoms with E-state index in [1.807, 2.05) is 24.3 Å². The van der Waals surface area contributed by atoms with Gasteiger partial charge in [-0.2, -0.15) is 5.26 Å². The number of hydrogen-bond donors (Lipinski definition) is 0. The van der Waals surface area contributed by atoms with Gasteiger partial charge >= 0.3 is 0 Å². The van der Waals surface area contributed by atoms with Gasteiger partial charge in [-0.25, -0.2) is 0 Å². The van der Waals surface area contributed by atoms with Crippen molar-refractivity contribution < 1.29 is 9.59 Å². The molecule has 1 amide bonds. The first-order valence-electron chi connectivity index (χ1n) is 5.42. The van der Waals surface area contributed by atoms with Gasteiger partial charge in [0.1, 0.15) is 6.54 Å². The van der Waals surface area contributed by atoms with Gasteiger partial charge in [0.05, 0.1) is 17.6 Å². The molecule has 0 bridgehead atoms. The lowest BCUT2D eigenvalue weighted by Gasteiger charge is -2.12. The summed E-state index contributed by atoms with van der Waals surface area (Å²) < 4.78 is 0. The normalized spacial score (nSPS) is 9.56. The van der Waals surface area contributed by atoms with Crippen LogP contribution in [-0.2, 0) is 4.79 Å². The fourth-order valence-corrected chi connectivity index (χ4v) is 2.09. The van der Waals surface area contributed by atoms with E-state index in [1.54, 1.807) is 19.2 Å². The van der Waals surface area contributed by atoms with Crippen LogP contribution in [0.5, 0.6) is 0 Å².